The third-order valence-corrected chi connectivity index (χ3v) is 5.19. The number of nitrogens with one attached hydrogen (secondary N) is 3. The highest BCUT2D eigenvalue weighted by Crippen LogP contribution is 2.23. The maximum atomic E-state index is 12.8. The van der Waals surface area contributed by atoms with Crippen molar-refractivity contribution in [2.45, 2.75) is 20.8 Å². The van der Waals surface area contributed by atoms with Crippen molar-refractivity contribution in [3.8, 4) is 0 Å². The first-order valence-electron chi connectivity index (χ1n) is 10.4. The number of carbonyl (C=O) groups is 1. The average Bonchev–Trinajstić information content (AvgIpc) is 2.78. The van der Waals surface area contributed by atoms with Crippen LogP contribution in [0, 0.1) is 20.8 Å². The highest BCUT2D eigenvalue weighted by molar-refractivity contribution is 6.05. The topological polar surface area (TPSA) is 78.9 Å². The molecule has 0 saturated heterocycles. The molecular weight excluding hydrogens is 398 g/mol. The molecule has 0 radical (unpaired) electrons. The highest BCUT2D eigenvalue weighted by atomic mass is 16.1. The zero-order valence-corrected chi connectivity index (χ0v) is 18.3. The molecule has 6 heteroatoms. The molecule has 4 aromatic rings. The van der Waals surface area contributed by atoms with E-state index in [-0.39, 0.29) is 5.91 Å². The van der Waals surface area contributed by atoms with Gasteiger partial charge in [-0.1, -0.05) is 6.07 Å². The zero-order valence-electron chi connectivity index (χ0n) is 18.3. The Labute approximate surface area is 187 Å². The van der Waals surface area contributed by atoms with Gasteiger partial charge in [-0.05, 0) is 87.0 Å². The predicted octanol–water partition coefficient (Wildman–Crippen LogP) is 6.14. The first-order valence-corrected chi connectivity index (χ1v) is 10.4. The van der Waals surface area contributed by atoms with Crippen LogP contribution in [0.4, 0.5) is 28.4 Å². The molecule has 1 amide bonds. The van der Waals surface area contributed by atoms with Crippen LogP contribution in [0.25, 0.3) is 0 Å². The van der Waals surface area contributed by atoms with Crippen molar-refractivity contribution in [3.05, 3.63) is 102 Å². The Morgan fingerprint density at radius 1 is 0.719 bits per heavy atom. The van der Waals surface area contributed by atoms with Gasteiger partial charge in [-0.15, -0.1) is 0 Å². The van der Waals surface area contributed by atoms with E-state index in [9.17, 15) is 4.79 Å². The Morgan fingerprint density at radius 3 is 2.22 bits per heavy atom. The summed E-state index contributed by atoms with van der Waals surface area (Å²) in [5.41, 5.74) is 8.03. The van der Waals surface area contributed by atoms with Crippen LogP contribution < -0.4 is 16.0 Å². The lowest BCUT2D eigenvalue weighted by atomic mass is 10.1. The van der Waals surface area contributed by atoms with Gasteiger partial charge in [-0.25, -0.2) is 0 Å². The van der Waals surface area contributed by atoms with E-state index in [1.165, 1.54) is 0 Å². The van der Waals surface area contributed by atoms with Crippen molar-refractivity contribution < 1.29 is 4.79 Å². The molecule has 0 aliphatic rings. The van der Waals surface area contributed by atoms with E-state index in [1.54, 1.807) is 18.5 Å². The number of nitrogens with zero attached hydrogens (tertiary/aromatic N) is 2. The fourth-order valence-electron chi connectivity index (χ4n) is 3.30. The van der Waals surface area contributed by atoms with Gasteiger partial charge in [0, 0.05) is 57.8 Å². The summed E-state index contributed by atoms with van der Waals surface area (Å²) in [6, 6.07) is 20.9. The minimum atomic E-state index is -0.165. The molecule has 0 aliphatic carbocycles. The van der Waals surface area contributed by atoms with Crippen LogP contribution in [0.15, 0.2) is 79.1 Å². The van der Waals surface area contributed by atoms with E-state index >= 15 is 0 Å². The zero-order chi connectivity index (χ0) is 22.5. The second-order valence-corrected chi connectivity index (χ2v) is 7.62. The smallest absolute Gasteiger partial charge is 0.255 e. The molecule has 0 atom stereocenters. The Morgan fingerprint density at radius 2 is 1.44 bits per heavy atom. The van der Waals surface area contributed by atoms with E-state index in [0.717, 1.165) is 45.4 Å². The number of aromatic nitrogens is 2. The monoisotopic (exact) mass is 423 g/mol. The summed E-state index contributed by atoms with van der Waals surface area (Å²) in [6.07, 6.45) is 3.54. The number of carbonyl (C=O) groups excluding carboxylic acids is 1. The fourth-order valence-corrected chi connectivity index (χ4v) is 3.30. The minimum Gasteiger partial charge on any atom is -0.355 e. The second kappa shape index (κ2) is 9.31. The van der Waals surface area contributed by atoms with Crippen LogP contribution in [0.5, 0.6) is 0 Å². The number of hydrogen-bond acceptors (Lipinski definition) is 5. The van der Waals surface area contributed by atoms with Gasteiger partial charge in [0.15, 0.2) is 0 Å². The van der Waals surface area contributed by atoms with Gasteiger partial charge < -0.3 is 16.0 Å². The summed E-state index contributed by atoms with van der Waals surface area (Å²) < 4.78 is 0. The normalized spacial score (nSPS) is 10.5. The molecule has 2 heterocycles. The number of anilines is 5. The first-order chi connectivity index (χ1) is 15.5. The fraction of sp³-hybridized carbons (Fsp3) is 0.115. The van der Waals surface area contributed by atoms with Crippen LogP contribution in [-0.4, -0.2) is 15.9 Å². The second-order valence-electron chi connectivity index (χ2n) is 7.62. The SMILES string of the molecule is Cc1cc(Nc2ccc(NC(=O)c3cccc(Nc4ccnc(C)c4C)c3)cc2)ccn1. The quantitative estimate of drug-likeness (QED) is 0.347. The molecule has 4 rings (SSSR count). The number of hydrogen-bond donors (Lipinski definition) is 3. The standard InChI is InChI=1S/C26H25N5O/c1-17-15-24(11-13-27-17)29-21-7-9-22(10-8-21)31-26(32)20-5-4-6-23(16-20)30-25-12-14-28-19(3)18(25)2/h4-16H,1-3H3,(H,27,29)(H,28,30)(H,31,32). The van der Waals surface area contributed by atoms with Crippen LogP contribution >= 0.6 is 0 Å². The maximum Gasteiger partial charge on any atom is 0.255 e. The summed E-state index contributed by atoms with van der Waals surface area (Å²) in [5.74, 6) is -0.165. The number of pyridine rings is 2. The van der Waals surface area contributed by atoms with Gasteiger partial charge >= 0.3 is 0 Å². The molecule has 160 valence electrons. The number of benzene rings is 2. The molecule has 2 aromatic heterocycles. The largest absolute Gasteiger partial charge is 0.355 e. The molecule has 0 saturated carbocycles. The Balaban J connectivity index is 1.42. The van der Waals surface area contributed by atoms with E-state index < -0.39 is 0 Å². The van der Waals surface area contributed by atoms with E-state index in [0.29, 0.717) is 5.56 Å². The average molecular weight is 424 g/mol. The molecular formula is C26H25N5O. The molecule has 32 heavy (non-hydrogen) atoms. The summed E-state index contributed by atoms with van der Waals surface area (Å²) >= 11 is 0. The van der Waals surface area contributed by atoms with Crippen molar-refractivity contribution in [2.24, 2.45) is 0 Å². The van der Waals surface area contributed by atoms with Crippen LogP contribution in [-0.2, 0) is 0 Å². The van der Waals surface area contributed by atoms with E-state index in [2.05, 4.69) is 25.9 Å². The lowest BCUT2D eigenvalue weighted by Crippen LogP contribution is -2.12. The number of amides is 1. The molecule has 2 aromatic carbocycles. The van der Waals surface area contributed by atoms with Gasteiger partial charge in [-0.3, -0.25) is 14.8 Å². The maximum absolute atomic E-state index is 12.8. The molecule has 0 aliphatic heterocycles. The summed E-state index contributed by atoms with van der Waals surface area (Å²) in [5, 5.41) is 9.66. The van der Waals surface area contributed by atoms with Gasteiger partial charge in [-0.2, -0.15) is 0 Å². The predicted molar refractivity (Wildman–Crippen MR) is 130 cm³/mol. The number of rotatable bonds is 6. The van der Waals surface area contributed by atoms with Gasteiger partial charge in [0.25, 0.3) is 5.91 Å². The van der Waals surface area contributed by atoms with Gasteiger partial charge in [0.1, 0.15) is 0 Å². The first kappa shape index (κ1) is 21.1. The Kier molecular flexibility index (Phi) is 6.12. The summed E-state index contributed by atoms with van der Waals surface area (Å²) in [6.45, 7) is 5.95. The summed E-state index contributed by atoms with van der Waals surface area (Å²) in [7, 11) is 0. The lowest BCUT2D eigenvalue weighted by Gasteiger charge is -2.12. The molecule has 0 bridgehead atoms. The highest BCUT2D eigenvalue weighted by Gasteiger charge is 2.09. The third-order valence-electron chi connectivity index (χ3n) is 5.19. The molecule has 0 unspecified atom stereocenters. The van der Waals surface area contributed by atoms with Crippen molar-refractivity contribution >= 4 is 34.3 Å². The van der Waals surface area contributed by atoms with E-state index in [4.69, 9.17) is 0 Å². The van der Waals surface area contributed by atoms with Crippen LogP contribution in [0.3, 0.4) is 0 Å². The number of aryl methyl sites for hydroxylation is 2. The van der Waals surface area contributed by atoms with E-state index in [1.807, 2.05) is 81.4 Å². The van der Waals surface area contributed by atoms with Gasteiger partial charge in [0.05, 0.1) is 0 Å². The Hall–Kier alpha value is -4.19. The van der Waals surface area contributed by atoms with Crippen LogP contribution in [0.1, 0.15) is 27.3 Å². The Bertz CT molecular complexity index is 1250. The van der Waals surface area contributed by atoms with Crippen molar-refractivity contribution in [1.29, 1.82) is 0 Å². The molecule has 3 N–H and O–H groups in total. The van der Waals surface area contributed by atoms with Crippen molar-refractivity contribution in [1.82, 2.24) is 9.97 Å². The van der Waals surface area contributed by atoms with Gasteiger partial charge in [0.2, 0.25) is 0 Å². The summed E-state index contributed by atoms with van der Waals surface area (Å²) in [4.78, 5) is 21.3. The van der Waals surface area contributed by atoms with Crippen molar-refractivity contribution in [2.75, 3.05) is 16.0 Å². The molecule has 0 spiro atoms. The third kappa shape index (κ3) is 5.10. The molecule has 6 nitrogen and oxygen atoms in total. The van der Waals surface area contributed by atoms with Crippen molar-refractivity contribution in [3.63, 3.8) is 0 Å². The molecule has 0 fully saturated rings. The lowest BCUT2D eigenvalue weighted by molar-refractivity contribution is 0.102. The minimum absolute atomic E-state index is 0.165. The van der Waals surface area contributed by atoms with Crippen LogP contribution in [0.2, 0.25) is 0 Å².